The van der Waals surface area contributed by atoms with Crippen molar-refractivity contribution in [3.63, 3.8) is 0 Å². The van der Waals surface area contributed by atoms with Gasteiger partial charge >= 0.3 is 17.9 Å². The Morgan fingerprint density at radius 3 is 1.28 bits per heavy atom. The summed E-state index contributed by atoms with van der Waals surface area (Å²) in [6, 6.07) is 100. The van der Waals surface area contributed by atoms with Crippen LogP contribution in [0.5, 0.6) is 28.7 Å². The molecule has 1 amide bonds. The minimum absolute atomic E-state index is 0.0166. The van der Waals surface area contributed by atoms with Gasteiger partial charge in [0.15, 0.2) is 5.78 Å². The highest BCUT2D eigenvalue weighted by Gasteiger charge is 2.34. The number of methoxy groups -OCH3 is 2. The molecule has 2 aromatic heterocycles. The highest BCUT2D eigenvalue weighted by molar-refractivity contribution is 6.43. The highest BCUT2D eigenvalue weighted by Crippen LogP contribution is 2.45. The van der Waals surface area contributed by atoms with Gasteiger partial charge in [0.25, 0.3) is 11.7 Å². The first kappa shape index (κ1) is 110. The number of nitrogens with zero attached hydrogens (tertiary/aromatic N) is 10. The number of hydrogen-bond donors (Lipinski definition) is 6. The largest absolute Gasteiger partial charge is 0.508 e. The standard InChI is InChI=1S/C30H29N3O.C20H25N3O.C18H15NO2.C13H10O3.C12H16N2O3.C12H11NO3.C12H15NO3/c1-29(2,21-13-7-5-8-14-21)23-19-24(30(3,4)22-15-9-6-10-16-22)28(34)27(20-23)33-31-25-17-11-12-18-26(25)32-33;1-6-13(2)15-11-14(20(3,4)5)12-18(19(15)24)23-21-16-9-7-8-10-17(16)22-23;1-2-21-18(20)16(13-19)17(14-9-5-3-6-10-14)15-11-7-4-8-12-15;14-10-6-7-11(12(15)8-10)13(16)9-4-2-1-3-5-9;1-14(2)10-5-3-9(4-6-10)11(16)12(17)13-7-8-15;1-15-11-5-3-9(4-6-11)7-10(8-13)12(14)16-2;1-4-16-12(15)11(14)9-5-7-10(8-6-9)13(2)3/h5-20,34H,1-4H3;7-13,24H,6H2,1-5H3;3-12H,2H2,1H3;1-8,14-15H;3-6,15H,7-8H2,1-2H3,(H,13,17);3-7H,1-2H3;5-8H,4H2,1-3H3/b;;;;;10-7-;. The van der Waals surface area contributed by atoms with Crippen molar-refractivity contribution in [2.45, 2.75) is 105 Å². The predicted octanol–water partition coefficient (Wildman–Crippen LogP) is 20.9. The molecule has 15 rings (SSSR count). The number of ether oxygens (including phenoxy) is 4. The molecule has 1 atom stereocenters. The number of phenols is 4. The van der Waals surface area contributed by atoms with E-state index in [9.17, 15) is 54.1 Å². The number of phenolic OH excluding ortho intramolecular Hbond substituents is 4. The summed E-state index contributed by atoms with van der Waals surface area (Å²) in [6.07, 6.45) is 2.43. The van der Waals surface area contributed by atoms with Crippen LogP contribution < -0.4 is 19.9 Å². The molecule has 0 bridgehead atoms. The topological polar surface area (TPSA) is 385 Å². The Balaban J connectivity index is 0.000000191. The van der Waals surface area contributed by atoms with Crippen LogP contribution in [0, 0.1) is 22.7 Å². The molecular formula is C117H121N11O16. The second kappa shape index (κ2) is 52.5. The fourth-order valence-electron chi connectivity index (χ4n) is 14.6. The van der Waals surface area contributed by atoms with Gasteiger partial charge in [-0.1, -0.05) is 263 Å². The number of aromatic nitrogens is 6. The SMILES string of the molecule is CC(C)(c1ccccc1)c1cc(-n2nc3ccccc3n2)c(O)c(C(C)(C)c2ccccc2)c1.CCC(C)c1cc(C(C)(C)C)cc(-n2nc3ccccc3n2)c1O.CCOC(=O)C(=O)c1ccc(N(C)C)cc1.CCOC(=O)C(C#N)=C(c1ccccc1)c1ccccc1.CN(C)c1ccc(C(=O)C(=O)NCCO)cc1.COC(=O)/C(C#N)=C\c1ccc(OC)cc1.O=C(c1ccccc1)c1ccc(O)cc1O. The fourth-order valence-corrected chi connectivity index (χ4v) is 14.6. The summed E-state index contributed by atoms with van der Waals surface area (Å²) in [5.41, 5.74) is 16.4. The number of rotatable bonds is 26. The van der Waals surface area contributed by atoms with E-state index in [0.29, 0.717) is 39.4 Å². The summed E-state index contributed by atoms with van der Waals surface area (Å²) in [7, 11) is 10.4. The van der Waals surface area contributed by atoms with Crippen LogP contribution in [0.3, 0.4) is 0 Å². The molecule has 740 valence electrons. The number of hydrogen-bond acceptors (Lipinski definition) is 24. The summed E-state index contributed by atoms with van der Waals surface area (Å²) < 4.78 is 19.1. The molecule has 0 saturated carbocycles. The third kappa shape index (κ3) is 29.6. The van der Waals surface area contributed by atoms with E-state index in [-0.39, 0.29) is 88.6 Å². The molecule has 0 saturated heterocycles. The van der Waals surface area contributed by atoms with Crippen molar-refractivity contribution in [2.24, 2.45) is 0 Å². The van der Waals surface area contributed by atoms with Crippen LogP contribution in [0.2, 0.25) is 0 Å². The number of amides is 1. The van der Waals surface area contributed by atoms with Crippen LogP contribution >= 0.6 is 0 Å². The maximum Gasteiger partial charge on any atom is 0.379 e. The molecule has 0 aliphatic heterocycles. The molecule has 0 radical (unpaired) electrons. The molecule has 27 heteroatoms. The van der Waals surface area contributed by atoms with Crippen molar-refractivity contribution in [2.75, 3.05) is 78.6 Å². The molecule has 15 aromatic rings. The number of esters is 3. The average molecular weight is 1940 g/mol. The van der Waals surface area contributed by atoms with Crippen molar-refractivity contribution in [3.05, 3.63) is 399 Å². The first-order valence-corrected chi connectivity index (χ1v) is 46.5. The van der Waals surface area contributed by atoms with Crippen molar-refractivity contribution < 1.29 is 78.0 Å². The molecular weight excluding hydrogens is 1820 g/mol. The summed E-state index contributed by atoms with van der Waals surface area (Å²) in [6.45, 7) is 23.3. The molecule has 0 aliphatic rings. The van der Waals surface area contributed by atoms with E-state index >= 15 is 0 Å². The lowest BCUT2D eigenvalue weighted by atomic mass is 9.72. The van der Waals surface area contributed by atoms with E-state index in [1.807, 2.05) is 196 Å². The van der Waals surface area contributed by atoms with Gasteiger partial charge in [0.1, 0.15) is 85.5 Å². The number of ketones is 3. The van der Waals surface area contributed by atoms with Crippen molar-refractivity contribution in [1.82, 2.24) is 35.3 Å². The van der Waals surface area contributed by atoms with Crippen LogP contribution in [0.15, 0.2) is 327 Å². The van der Waals surface area contributed by atoms with Gasteiger partial charge in [-0.3, -0.25) is 19.2 Å². The number of carbonyl (C=O) groups excluding carboxylic acids is 7. The molecule has 0 spiro atoms. The maximum atomic E-state index is 12.1. The lowest BCUT2D eigenvalue weighted by Crippen LogP contribution is -2.33. The smallest absolute Gasteiger partial charge is 0.379 e. The zero-order valence-electron chi connectivity index (χ0n) is 83.9. The van der Waals surface area contributed by atoms with E-state index in [4.69, 9.17) is 24.9 Å². The average Bonchev–Trinajstić information content (AvgIpc) is 1.10. The van der Waals surface area contributed by atoms with Crippen molar-refractivity contribution >= 4 is 86.3 Å². The van der Waals surface area contributed by atoms with E-state index in [0.717, 1.165) is 84.9 Å². The van der Waals surface area contributed by atoms with Crippen LogP contribution in [0.1, 0.15) is 175 Å². The molecule has 27 nitrogen and oxygen atoms in total. The second-order valence-electron chi connectivity index (χ2n) is 35.2. The lowest BCUT2D eigenvalue weighted by molar-refractivity contribution is -0.138. The zero-order chi connectivity index (χ0) is 105. The number of Topliss-reactive ketones (excluding diaryl/α,β-unsaturated/α-hetero) is 2. The Hall–Kier alpha value is -17.4. The second-order valence-corrected chi connectivity index (χ2v) is 35.2. The van der Waals surface area contributed by atoms with Crippen molar-refractivity contribution in [3.8, 4) is 52.3 Å². The highest BCUT2D eigenvalue weighted by atomic mass is 16.5. The van der Waals surface area contributed by atoms with Gasteiger partial charge < -0.3 is 59.6 Å². The van der Waals surface area contributed by atoms with E-state index < -0.39 is 40.8 Å². The van der Waals surface area contributed by atoms with Crippen LogP contribution in [0.4, 0.5) is 11.4 Å². The molecule has 1 unspecified atom stereocenters. The zero-order valence-corrected chi connectivity index (χ0v) is 83.9. The number of aromatic hydroxyl groups is 4. The first-order chi connectivity index (χ1) is 68.9. The molecule has 13 aromatic carbocycles. The number of aliphatic hydroxyl groups is 1. The Morgan fingerprint density at radius 2 is 0.875 bits per heavy atom. The third-order valence-corrected chi connectivity index (χ3v) is 23.1. The molecule has 6 N–H and O–H groups in total. The first-order valence-electron chi connectivity index (χ1n) is 46.5. The Labute approximate surface area is 839 Å². The molecule has 0 fully saturated rings. The van der Waals surface area contributed by atoms with Gasteiger partial charge in [-0.25, -0.2) is 14.4 Å². The Morgan fingerprint density at radius 1 is 0.451 bits per heavy atom. The summed E-state index contributed by atoms with van der Waals surface area (Å²) in [5, 5.41) is 88.6. The van der Waals surface area contributed by atoms with Gasteiger partial charge in [0.05, 0.1) is 39.6 Å². The summed E-state index contributed by atoms with van der Waals surface area (Å²) in [4.78, 5) is 87.7. The summed E-state index contributed by atoms with van der Waals surface area (Å²) >= 11 is 0. The van der Waals surface area contributed by atoms with Gasteiger partial charge in [-0.15, -0.1) is 30.0 Å². The maximum absolute atomic E-state index is 12.1. The number of carbonyl (C=O) groups is 7. The number of nitrogens with one attached hydrogen (secondary N) is 1. The van der Waals surface area contributed by atoms with Crippen LogP contribution in [-0.2, 0) is 49.6 Å². The van der Waals surface area contributed by atoms with E-state index in [1.54, 1.807) is 134 Å². The fraction of sp³-hybridized carbons (Fsp3) is 0.222. The van der Waals surface area contributed by atoms with Crippen LogP contribution in [0.25, 0.3) is 45.1 Å². The number of fused-ring (bicyclic) bond motifs is 2. The number of anilines is 2. The van der Waals surface area contributed by atoms with Gasteiger partial charge in [-0.05, 0) is 191 Å². The minimum atomic E-state index is -0.805. The van der Waals surface area contributed by atoms with Gasteiger partial charge in [0.2, 0.25) is 5.78 Å². The quantitative estimate of drug-likeness (QED) is 0.00732. The Kier molecular flexibility index (Phi) is 40.2. The molecule has 0 aliphatic carbocycles. The minimum Gasteiger partial charge on any atom is -0.508 e. The molecule has 2 heterocycles. The Bertz CT molecular complexity index is 6920. The third-order valence-electron chi connectivity index (χ3n) is 23.1. The predicted molar refractivity (Wildman–Crippen MR) is 562 cm³/mol. The molecule has 144 heavy (non-hydrogen) atoms. The normalized spacial score (nSPS) is 11.0. The lowest BCUT2D eigenvalue weighted by Gasteiger charge is -2.32. The van der Waals surface area contributed by atoms with E-state index in [1.165, 1.54) is 36.4 Å². The number of aliphatic hydroxyl groups excluding tert-OH is 1. The summed E-state index contributed by atoms with van der Waals surface area (Å²) in [5.74, 6) is -3.02. The monoisotopic (exact) mass is 1940 g/mol. The van der Waals surface area contributed by atoms with Gasteiger partial charge in [-0.2, -0.15) is 10.5 Å². The van der Waals surface area contributed by atoms with E-state index in [2.05, 4.69) is 146 Å². The van der Waals surface area contributed by atoms with Crippen LogP contribution in [-0.4, -0.2) is 165 Å². The number of benzene rings is 13. The van der Waals surface area contributed by atoms with Crippen molar-refractivity contribution in [1.29, 1.82) is 10.5 Å². The van der Waals surface area contributed by atoms with Gasteiger partial charge in [0, 0.05) is 90.8 Å². The number of nitriles is 2.